The highest BCUT2D eigenvalue weighted by atomic mass is 19.2. The lowest BCUT2D eigenvalue weighted by Crippen LogP contribution is -2.14. The van der Waals surface area contributed by atoms with Crippen LogP contribution in [-0.2, 0) is 4.74 Å². The summed E-state index contributed by atoms with van der Waals surface area (Å²) in [5.74, 6) is -1.92. The number of aromatic nitrogens is 2. The molecule has 2 rings (SSSR count). The van der Waals surface area contributed by atoms with Crippen molar-refractivity contribution >= 4 is 17.5 Å². The summed E-state index contributed by atoms with van der Waals surface area (Å²) in [4.78, 5) is 11.9. The van der Waals surface area contributed by atoms with Gasteiger partial charge in [0.1, 0.15) is 5.82 Å². The van der Waals surface area contributed by atoms with Gasteiger partial charge in [-0.05, 0) is 36.8 Å². The number of hydrogen-bond acceptors (Lipinski definition) is 5. The molecular weight excluding hydrogens is 306 g/mol. The molecule has 0 spiro atoms. The van der Waals surface area contributed by atoms with Crippen LogP contribution in [0, 0.1) is 11.6 Å². The minimum atomic E-state index is -1.08. The van der Waals surface area contributed by atoms with Gasteiger partial charge >= 0.3 is 0 Å². The first-order valence-corrected chi connectivity index (χ1v) is 6.93. The monoisotopic (exact) mass is 322 g/mol. The van der Waals surface area contributed by atoms with Crippen molar-refractivity contribution in [3.63, 3.8) is 0 Å². The number of carbonyl (C=O) groups is 1. The van der Waals surface area contributed by atoms with Crippen molar-refractivity contribution in [2.24, 2.45) is 0 Å². The summed E-state index contributed by atoms with van der Waals surface area (Å²) in [6.07, 6.45) is 0.826. The number of rotatable bonds is 7. The fourth-order valence-corrected chi connectivity index (χ4v) is 1.75. The summed E-state index contributed by atoms with van der Waals surface area (Å²) in [5, 5.41) is 13.3. The number of anilines is 2. The van der Waals surface area contributed by atoms with E-state index in [1.807, 2.05) is 0 Å². The van der Waals surface area contributed by atoms with Crippen molar-refractivity contribution < 1.29 is 18.3 Å². The maximum Gasteiger partial charge on any atom is 0.256 e. The quantitative estimate of drug-likeness (QED) is 0.766. The molecule has 0 aliphatic heterocycles. The Morgan fingerprint density at radius 2 is 1.87 bits per heavy atom. The summed E-state index contributed by atoms with van der Waals surface area (Å²) in [7, 11) is 1.63. The minimum Gasteiger partial charge on any atom is -0.385 e. The van der Waals surface area contributed by atoms with Crippen molar-refractivity contribution in [1.82, 2.24) is 10.2 Å². The maximum absolute atomic E-state index is 13.1. The summed E-state index contributed by atoms with van der Waals surface area (Å²) >= 11 is 0. The van der Waals surface area contributed by atoms with Gasteiger partial charge in [0.2, 0.25) is 0 Å². The lowest BCUT2D eigenvalue weighted by molar-refractivity contribution is 0.102. The minimum absolute atomic E-state index is 0.00697. The molecule has 1 heterocycles. The van der Waals surface area contributed by atoms with Gasteiger partial charge in [-0.25, -0.2) is 8.78 Å². The molecule has 8 heteroatoms. The van der Waals surface area contributed by atoms with E-state index in [9.17, 15) is 13.6 Å². The van der Waals surface area contributed by atoms with Crippen molar-refractivity contribution in [2.75, 3.05) is 30.9 Å². The second kappa shape index (κ2) is 8.14. The molecule has 1 amide bonds. The number of nitrogens with zero attached hydrogens (tertiary/aromatic N) is 2. The normalized spacial score (nSPS) is 10.4. The molecule has 2 aromatic rings. The first kappa shape index (κ1) is 16.8. The van der Waals surface area contributed by atoms with Crippen LogP contribution in [0.1, 0.15) is 16.8 Å². The standard InChI is InChI=1S/C15H16F2N4O2/c1-23-8-2-7-18-13-5-6-14(21-20-13)19-15(22)10-3-4-11(16)12(17)9-10/h3-6,9H,2,7-8H2,1H3,(H,18,20)(H,19,21,22). The molecular formula is C15H16F2N4O2. The zero-order valence-electron chi connectivity index (χ0n) is 12.5. The third-order valence-electron chi connectivity index (χ3n) is 2.92. The van der Waals surface area contributed by atoms with Crippen molar-refractivity contribution in [3.05, 3.63) is 47.5 Å². The van der Waals surface area contributed by atoms with Gasteiger partial charge in [0.25, 0.3) is 5.91 Å². The van der Waals surface area contributed by atoms with Crippen LogP contribution in [0.15, 0.2) is 30.3 Å². The average molecular weight is 322 g/mol. The molecule has 1 aromatic heterocycles. The van der Waals surface area contributed by atoms with E-state index in [0.717, 1.165) is 18.6 Å². The Bertz CT molecular complexity index is 665. The van der Waals surface area contributed by atoms with Gasteiger partial charge in [0.05, 0.1) is 0 Å². The molecule has 0 atom stereocenters. The lowest BCUT2D eigenvalue weighted by Gasteiger charge is -2.07. The molecule has 0 unspecified atom stereocenters. The van der Waals surface area contributed by atoms with Crippen LogP contribution in [0.5, 0.6) is 0 Å². The highest BCUT2D eigenvalue weighted by Crippen LogP contribution is 2.11. The van der Waals surface area contributed by atoms with E-state index in [4.69, 9.17) is 4.74 Å². The van der Waals surface area contributed by atoms with E-state index < -0.39 is 17.5 Å². The molecule has 6 nitrogen and oxygen atoms in total. The third kappa shape index (κ3) is 4.96. The molecule has 0 aliphatic rings. The first-order chi connectivity index (χ1) is 11.1. The Morgan fingerprint density at radius 1 is 1.13 bits per heavy atom. The van der Waals surface area contributed by atoms with Crippen molar-refractivity contribution in [1.29, 1.82) is 0 Å². The van der Waals surface area contributed by atoms with E-state index in [1.54, 1.807) is 19.2 Å². The van der Waals surface area contributed by atoms with E-state index in [2.05, 4.69) is 20.8 Å². The Labute approximate surface area is 131 Å². The molecule has 0 radical (unpaired) electrons. The molecule has 122 valence electrons. The number of benzene rings is 1. The topological polar surface area (TPSA) is 76.1 Å². The smallest absolute Gasteiger partial charge is 0.256 e. The van der Waals surface area contributed by atoms with Gasteiger partial charge in [0.15, 0.2) is 17.5 Å². The predicted molar refractivity (Wildman–Crippen MR) is 81.3 cm³/mol. The van der Waals surface area contributed by atoms with Crippen molar-refractivity contribution in [2.45, 2.75) is 6.42 Å². The highest BCUT2D eigenvalue weighted by molar-refractivity contribution is 6.03. The number of hydrogen-bond donors (Lipinski definition) is 2. The maximum atomic E-state index is 13.1. The second-order valence-electron chi connectivity index (χ2n) is 4.66. The van der Waals surface area contributed by atoms with Crippen LogP contribution in [-0.4, -0.2) is 36.4 Å². The number of amides is 1. The highest BCUT2D eigenvalue weighted by Gasteiger charge is 2.10. The van der Waals surface area contributed by atoms with E-state index in [1.165, 1.54) is 6.07 Å². The van der Waals surface area contributed by atoms with E-state index >= 15 is 0 Å². The van der Waals surface area contributed by atoms with Gasteiger partial charge in [-0.15, -0.1) is 10.2 Å². The van der Waals surface area contributed by atoms with Crippen LogP contribution in [0.3, 0.4) is 0 Å². The SMILES string of the molecule is COCCCNc1ccc(NC(=O)c2ccc(F)c(F)c2)nn1. The molecule has 0 fully saturated rings. The van der Waals surface area contributed by atoms with Gasteiger partial charge in [-0.1, -0.05) is 0 Å². The number of methoxy groups -OCH3 is 1. The molecule has 0 saturated heterocycles. The molecule has 0 saturated carbocycles. The summed E-state index contributed by atoms with van der Waals surface area (Å²) in [5.41, 5.74) is -0.00697. The van der Waals surface area contributed by atoms with Crippen LogP contribution >= 0.6 is 0 Å². The van der Waals surface area contributed by atoms with Gasteiger partial charge < -0.3 is 15.4 Å². The molecule has 1 aromatic carbocycles. The summed E-state index contributed by atoms with van der Waals surface area (Å²) < 4.78 is 30.9. The van der Waals surface area contributed by atoms with Gasteiger partial charge in [-0.3, -0.25) is 4.79 Å². The molecule has 0 aliphatic carbocycles. The first-order valence-electron chi connectivity index (χ1n) is 6.93. The second-order valence-corrected chi connectivity index (χ2v) is 4.66. The fraction of sp³-hybridized carbons (Fsp3) is 0.267. The fourth-order valence-electron chi connectivity index (χ4n) is 1.75. The van der Waals surface area contributed by atoms with Crippen molar-refractivity contribution in [3.8, 4) is 0 Å². The summed E-state index contributed by atoms with van der Waals surface area (Å²) in [6, 6.07) is 6.11. The predicted octanol–water partition coefficient (Wildman–Crippen LogP) is 2.46. The Hall–Kier alpha value is -2.61. The Balaban J connectivity index is 1.92. The zero-order valence-corrected chi connectivity index (χ0v) is 12.5. The van der Waals surface area contributed by atoms with E-state index in [-0.39, 0.29) is 11.4 Å². The van der Waals surface area contributed by atoms with Gasteiger partial charge in [0, 0.05) is 25.8 Å². The Morgan fingerprint density at radius 3 is 2.52 bits per heavy atom. The average Bonchev–Trinajstić information content (AvgIpc) is 2.55. The number of halogens is 2. The number of ether oxygens (including phenoxy) is 1. The molecule has 23 heavy (non-hydrogen) atoms. The van der Waals surface area contributed by atoms with E-state index in [0.29, 0.717) is 19.0 Å². The van der Waals surface area contributed by atoms with Crippen LogP contribution in [0.2, 0.25) is 0 Å². The molecule has 0 bridgehead atoms. The third-order valence-corrected chi connectivity index (χ3v) is 2.92. The number of carbonyl (C=O) groups excluding carboxylic acids is 1. The van der Waals surface area contributed by atoms with Crippen LogP contribution in [0.25, 0.3) is 0 Å². The summed E-state index contributed by atoms with van der Waals surface area (Å²) in [6.45, 7) is 1.33. The largest absolute Gasteiger partial charge is 0.385 e. The van der Waals surface area contributed by atoms with Crippen LogP contribution < -0.4 is 10.6 Å². The number of nitrogens with one attached hydrogen (secondary N) is 2. The van der Waals surface area contributed by atoms with Gasteiger partial charge in [-0.2, -0.15) is 0 Å². The molecule has 2 N–H and O–H groups in total. The zero-order chi connectivity index (χ0) is 16.7. The van der Waals surface area contributed by atoms with Crippen LogP contribution in [0.4, 0.5) is 20.4 Å². The lowest BCUT2D eigenvalue weighted by atomic mass is 10.2. The Kier molecular flexibility index (Phi) is 5.93.